The maximum Gasteiger partial charge on any atom is 0.334 e. The predicted octanol–water partition coefficient (Wildman–Crippen LogP) is 2.04. The zero-order valence-corrected chi connectivity index (χ0v) is 13.4. The van der Waals surface area contributed by atoms with Crippen molar-refractivity contribution in [2.45, 2.75) is 13.0 Å². The van der Waals surface area contributed by atoms with Crippen LogP contribution in [-0.2, 0) is 9.53 Å². The lowest BCUT2D eigenvalue weighted by molar-refractivity contribution is -0.154. The number of ether oxygens (including phenoxy) is 1. The number of hydrogen-bond acceptors (Lipinski definition) is 5. The summed E-state index contributed by atoms with van der Waals surface area (Å²) < 4.78 is 5.15. The number of aryl methyl sites for hydroxylation is 1. The summed E-state index contributed by atoms with van der Waals surface area (Å²) in [6.07, 6.45) is -0.961. The molecule has 0 unspecified atom stereocenters. The van der Waals surface area contributed by atoms with Crippen LogP contribution in [-0.4, -0.2) is 52.7 Å². The number of carboxylic acid groups (broad SMARTS) is 1. The van der Waals surface area contributed by atoms with Gasteiger partial charge in [0.2, 0.25) is 0 Å². The Bertz CT molecular complexity index is 743. The highest BCUT2D eigenvalue weighted by Gasteiger charge is 2.29. The second kappa shape index (κ2) is 6.47. The number of aliphatic carboxylic acids is 1. The SMILES string of the molecule is Cc1nc(-c2cccc(C(=O)N3CCO[C@@H](C(=O)O)C3)c2)cs1. The van der Waals surface area contributed by atoms with Gasteiger partial charge in [0.15, 0.2) is 6.10 Å². The molecule has 3 rings (SSSR count). The van der Waals surface area contributed by atoms with E-state index in [1.54, 1.807) is 23.5 Å². The highest BCUT2D eigenvalue weighted by molar-refractivity contribution is 7.09. The van der Waals surface area contributed by atoms with E-state index >= 15 is 0 Å². The molecule has 23 heavy (non-hydrogen) atoms. The molecular formula is C16H16N2O4S. The molecule has 1 fully saturated rings. The number of benzene rings is 1. The number of carbonyl (C=O) groups excluding carboxylic acids is 1. The van der Waals surface area contributed by atoms with E-state index in [9.17, 15) is 9.59 Å². The molecule has 1 N–H and O–H groups in total. The zero-order valence-electron chi connectivity index (χ0n) is 12.6. The highest BCUT2D eigenvalue weighted by atomic mass is 32.1. The first kappa shape index (κ1) is 15.6. The molecule has 1 atom stereocenters. The second-order valence-electron chi connectivity index (χ2n) is 5.28. The number of amides is 1. The molecule has 1 aromatic heterocycles. The van der Waals surface area contributed by atoms with Gasteiger partial charge in [0.1, 0.15) is 0 Å². The number of thiazole rings is 1. The Balaban J connectivity index is 1.81. The summed E-state index contributed by atoms with van der Waals surface area (Å²) in [5.74, 6) is -1.23. The number of nitrogens with zero attached hydrogens (tertiary/aromatic N) is 2. The van der Waals surface area contributed by atoms with Crippen molar-refractivity contribution in [1.29, 1.82) is 0 Å². The molecule has 6 nitrogen and oxygen atoms in total. The fourth-order valence-electron chi connectivity index (χ4n) is 2.47. The summed E-state index contributed by atoms with van der Waals surface area (Å²) in [6.45, 7) is 2.62. The molecule has 2 aromatic rings. The first-order valence-corrected chi connectivity index (χ1v) is 8.09. The van der Waals surface area contributed by atoms with Crippen molar-refractivity contribution in [3.05, 3.63) is 40.2 Å². The van der Waals surface area contributed by atoms with Crippen LogP contribution in [0.25, 0.3) is 11.3 Å². The molecule has 1 aliphatic rings. The molecule has 1 saturated heterocycles. The monoisotopic (exact) mass is 332 g/mol. The topological polar surface area (TPSA) is 79.7 Å². The number of aromatic nitrogens is 1. The fraction of sp³-hybridized carbons (Fsp3) is 0.312. The van der Waals surface area contributed by atoms with Crippen LogP contribution in [0.4, 0.5) is 0 Å². The number of hydrogen-bond donors (Lipinski definition) is 1. The number of carbonyl (C=O) groups is 2. The van der Waals surface area contributed by atoms with Crippen molar-refractivity contribution in [2.75, 3.05) is 19.7 Å². The summed E-state index contributed by atoms with van der Waals surface area (Å²) in [6, 6.07) is 7.25. The van der Waals surface area contributed by atoms with Gasteiger partial charge >= 0.3 is 5.97 Å². The molecule has 120 valence electrons. The summed E-state index contributed by atoms with van der Waals surface area (Å²) >= 11 is 1.56. The van der Waals surface area contributed by atoms with Crippen LogP contribution in [0.15, 0.2) is 29.6 Å². The minimum absolute atomic E-state index is 0.0637. The fourth-order valence-corrected chi connectivity index (χ4v) is 3.10. The molecular weight excluding hydrogens is 316 g/mol. The first-order chi connectivity index (χ1) is 11.0. The van der Waals surface area contributed by atoms with E-state index in [1.165, 1.54) is 4.90 Å². The van der Waals surface area contributed by atoms with Crippen LogP contribution in [0, 0.1) is 6.92 Å². The lowest BCUT2D eigenvalue weighted by Crippen LogP contribution is -2.48. The van der Waals surface area contributed by atoms with Crippen molar-refractivity contribution in [1.82, 2.24) is 9.88 Å². The van der Waals surface area contributed by atoms with E-state index in [0.717, 1.165) is 16.3 Å². The summed E-state index contributed by atoms with van der Waals surface area (Å²) in [7, 11) is 0. The van der Waals surface area contributed by atoms with E-state index in [-0.39, 0.29) is 19.1 Å². The van der Waals surface area contributed by atoms with Gasteiger partial charge in [-0.25, -0.2) is 9.78 Å². The van der Waals surface area contributed by atoms with Gasteiger partial charge in [0.05, 0.1) is 23.9 Å². The van der Waals surface area contributed by atoms with Crippen molar-refractivity contribution in [2.24, 2.45) is 0 Å². The summed E-state index contributed by atoms with van der Waals surface area (Å²) in [5.41, 5.74) is 2.25. The first-order valence-electron chi connectivity index (χ1n) is 7.21. The van der Waals surface area contributed by atoms with Gasteiger partial charge in [-0.15, -0.1) is 11.3 Å². The van der Waals surface area contributed by atoms with Gasteiger partial charge in [-0.3, -0.25) is 4.79 Å². The second-order valence-corrected chi connectivity index (χ2v) is 6.34. The van der Waals surface area contributed by atoms with Crippen LogP contribution in [0.1, 0.15) is 15.4 Å². The predicted molar refractivity (Wildman–Crippen MR) is 85.6 cm³/mol. The Morgan fingerprint density at radius 3 is 2.96 bits per heavy atom. The molecule has 0 spiro atoms. The number of morpholine rings is 1. The van der Waals surface area contributed by atoms with Crippen molar-refractivity contribution < 1.29 is 19.4 Å². The standard InChI is InChI=1S/C16H16N2O4S/c1-10-17-13(9-23-10)11-3-2-4-12(7-11)15(19)18-5-6-22-14(8-18)16(20)21/h2-4,7,9,14H,5-6,8H2,1H3,(H,20,21)/t14-/m1/s1. The normalized spacial score (nSPS) is 18.0. The molecule has 1 amide bonds. The van der Waals surface area contributed by atoms with E-state index in [1.807, 2.05) is 24.4 Å². The van der Waals surface area contributed by atoms with E-state index in [0.29, 0.717) is 12.1 Å². The minimum atomic E-state index is -1.05. The molecule has 7 heteroatoms. The van der Waals surface area contributed by atoms with Gasteiger partial charge in [0.25, 0.3) is 5.91 Å². The highest BCUT2D eigenvalue weighted by Crippen LogP contribution is 2.23. The van der Waals surface area contributed by atoms with Crippen LogP contribution in [0.5, 0.6) is 0 Å². The minimum Gasteiger partial charge on any atom is -0.479 e. The van der Waals surface area contributed by atoms with E-state index < -0.39 is 12.1 Å². The van der Waals surface area contributed by atoms with E-state index in [4.69, 9.17) is 9.84 Å². The van der Waals surface area contributed by atoms with Crippen LogP contribution in [0.2, 0.25) is 0 Å². The molecule has 0 bridgehead atoms. The third-order valence-electron chi connectivity index (χ3n) is 3.65. The van der Waals surface area contributed by atoms with E-state index in [2.05, 4.69) is 4.98 Å². The Kier molecular flexibility index (Phi) is 4.40. The summed E-state index contributed by atoms with van der Waals surface area (Å²) in [5, 5.41) is 12.0. The van der Waals surface area contributed by atoms with Gasteiger partial charge in [-0.05, 0) is 19.1 Å². The lowest BCUT2D eigenvalue weighted by atomic mass is 10.1. The van der Waals surface area contributed by atoms with Gasteiger partial charge in [-0.1, -0.05) is 12.1 Å². The average Bonchev–Trinajstić information content (AvgIpc) is 3.01. The van der Waals surface area contributed by atoms with Crippen LogP contribution >= 0.6 is 11.3 Å². The van der Waals surface area contributed by atoms with Crippen molar-refractivity contribution >= 4 is 23.2 Å². The van der Waals surface area contributed by atoms with Gasteiger partial charge < -0.3 is 14.7 Å². The maximum atomic E-state index is 12.6. The van der Waals surface area contributed by atoms with Gasteiger partial charge in [-0.2, -0.15) is 0 Å². The third kappa shape index (κ3) is 3.40. The molecule has 2 heterocycles. The lowest BCUT2D eigenvalue weighted by Gasteiger charge is -2.31. The molecule has 0 aliphatic carbocycles. The third-order valence-corrected chi connectivity index (χ3v) is 4.43. The Morgan fingerprint density at radius 1 is 1.43 bits per heavy atom. The molecule has 0 saturated carbocycles. The summed E-state index contributed by atoms with van der Waals surface area (Å²) in [4.78, 5) is 29.6. The molecule has 1 aromatic carbocycles. The van der Waals surface area contributed by atoms with Crippen molar-refractivity contribution in [3.8, 4) is 11.3 Å². The van der Waals surface area contributed by atoms with Crippen molar-refractivity contribution in [3.63, 3.8) is 0 Å². The van der Waals surface area contributed by atoms with Crippen LogP contribution in [0.3, 0.4) is 0 Å². The number of rotatable bonds is 3. The largest absolute Gasteiger partial charge is 0.479 e. The maximum absolute atomic E-state index is 12.6. The zero-order chi connectivity index (χ0) is 16.4. The van der Waals surface area contributed by atoms with Gasteiger partial charge in [0, 0.05) is 23.1 Å². The Hall–Kier alpha value is -2.25. The Morgan fingerprint density at radius 2 is 2.26 bits per heavy atom. The van der Waals surface area contributed by atoms with Crippen LogP contribution < -0.4 is 0 Å². The quantitative estimate of drug-likeness (QED) is 0.930. The molecule has 1 aliphatic heterocycles. The molecule has 0 radical (unpaired) electrons. The number of carboxylic acids is 1. The average molecular weight is 332 g/mol. The smallest absolute Gasteiger partial charge is 0.334 e. The Labute approximate surface area is 137 Å².